The number of Topliss-reactive ketones (excluding diaryl/α,β-unsaturated/α-hetero) is 1. The lowest BCUT2D eigenvalue weighted by Crippen LogP contribution is -2.16. The maximum atomic E-state index is 12.1. The fourth-order valence-corrected chi connectivity index (χ4v) is 2.05. The Bertz CT molecular complexity index is 705. The second kappa shape index (κ2) is 5.32. The highest BCUT2D eigenvalue weighted by Gasteiger charge is 2.14. The molecule has 1 aromatic heterocycles. The first-order chi connectivity index (χ1) is 10.1. The minimum absolute atomic E-state index is 0.0929. The minimum atomic E-state index is -0.320. The molecule has 1 amide bonds. The van der Waals surface area contributed by atoms with Gasteiger partial charge >= 0.3 is 0 Å². The van der Waals surface area contributed by atoms with Gasteiger partial charge in [-0.1, -0.05) is 0 Å². The van der Waals surface area contributed by atoms with Gasteiger partial charge in [-0.15, -0.1) is 0 Å². The van der Waals surface area contributed by atoms with Gasteiger partial charge in [0.2, 0.25) is 0 Å². The number of ketones is 1. The van der Waals surface area contributed by atoms with Gasteiger partial charge < -0.3 is 19.8 Å². The monoisotopic (exact) mass is 286 g/mol. The number of amides is 1. The van der Waals surface area contributed by atoms with Crippen LogP contribution in [0.1, 0.15) is 27.8 Å². The fraction of sp³-hybridized carbons (Fsp3) is 0.200. The number of carbonyl (C=O) groups excluding carboxylic acids is 2. The Balaban J connectivity index is 1.76. The summed E-state index contributed by atoms with van der Waals surface area (Å²) in [6.45, 7) is 2.46. The van der Waals surface area contributed by atoms with E-state index < -0.39 is 0 Å². The molecule has 2 N–H and O–H groups in total. The normalized spacial score (nSPS) is 12.8. The lowest BCUT2D eigenvalue weighted by atomic mass is 10.2. The highest BCUT2D eigenvalue weighted by molar-refractivity contribution is 6.05. The molecule has 6 nitrogen and oxygen atoms in total. The molecule has 0 saturated heterocycles. The number of hydrogen-bond acceptors (Lipinski definition) is 4. The summed E-state index contributed by atoms with van der Waals surface area (Å²) in [7, 11) is 0. The molecule has 6 heteroatoms. The van der Waals surface area contributed by atoms with Gasteiger partial charge in [-0.25, -0.2) is 0 Å². The SMILES string of the molecule is CC(=O)c1c[nH]c(C(=O)Nc2ccc3c(c2)OCCO3)c1. The van der Waals surface area contributed by atoms with Crippen molar-refractivity contribution in [3.63, 3.8) is 0 Å². The van der Waals surface area contributed by atoms with Crippen LogP contribution in [0.4, 0.5) is 5.69 Å². The van der Waals surface area contributed by atoms with E-state index in [0.717, 1.165) is 0 Å². The van der Waals surface area contributed by atoms with Crippen LogP contribution >= 0.6 is 0 Å². The number of benzene rings is 1. The van der Waals surface area contributed by atoms with E-state index in [1.165, 1.54) is 19.2 Å². The third-order valence-corrected chi connectivity index (χ3v) is 3.13. The molecule has 108 valence electrons. The zero-order valence-electron chi connectivity index (χ0n) is 11.4. The van der Waals surface area contributed by atoms with Gasteiger partial charge in [-0.2, -0.15) is 0 Å². The molecular formula is C15H14N2O4. The van der Waals surface area contributed by atoms with E-state index in [0.29, 0.717) is 41.7 Å². The number of ether oxygens (including phenoxy) is 2. The molecule has 2 aromatic rings. The average Bonchev–Trinajstić information content (AvgIpc) is 2.97. The maximum Gasteiger partial charge on any atom is 0.272 e. The molecule has 0 spiro atoms. The molecule has 0 radical (unpaired) electrons. The number of rotatable bonds is 3. The Kier molecular flexibility index (Phi) is 3.35. The van der Waals surface area contributed by atoms with Gasteiger partial charge in [0.15, 0.2) is 17.3 Å². The number of nitrogens with one attached hydrogen (secondary N) is 2. The van der Waals surface area contributed by atoms with E-state index >= 15 is 0 Å². The summed E-state index contributed by atoms with van der Waals surface area (Å²) < 4.78 is 10.9. The van der Waals surface area contributed by atoms with Gasteiger partial charge in [0.1, 0.15) is 18.9 Å². The van der Waals surface area contributed by atoms with Crippen LogP contribution in [0.2, 0.25) is 0 Å². The third-order valence-electron chi connectivity index (χ3n) is 3.13. The molecule has 0 saturated carbocycles. The van der Waals surface area contributed by atoms with E-state index in [9.17, 15) is 9.59 Å². The number of fused-ring (bicyclic) bond motifs is 1. The molecule has 1 aliphatic heterocycles. The van der Waals surface area contributed by atoms with Crippen LogP contribution in [0.3, 0.4) is 0 Å². The molecule has 0 bridgehead atoms. The molecule has 0 fully saturated rings. The predicted octanol–water partition coefficient (Wildman–Crippen LogP) is 2.24. The number of anilines is 1. The summed E-state index contributed by atoms with van der Waals surface area (Å²) in [6.07, 6.45) is 1.51. The zero-order valence-corrected chi connectivity index (χ0v) is 11.4. The number of carbonyl (C=O) groups is 2. The quantitative estimate of drug-likeness (QED) is 0.848. The number of aromatic nitrogens is 1. The largest absolute Gasteiger partial charge is 0.486 e. The third kappa shape index (κ3) is 2.74. The number of aromatic amines is 1. The Labute approximate surface area is 121 Å². The number of H-pyrrole nitrogens is 1. The summed E-state index contributed by atoms with van der Waals surface area (Å²) in [5.41, 5.74) is 1.40. The van der Waals surface area contributed by atoms with E-state index in [2.05, 4.69) is 10.3 Å². The maximum absolute atomic E-state index is 12.1. The summed E-state index contributed by atoms with van der Waals surface area (Å²) in [5.74, 6) is 0.858. The minimum Gasteiger partial charge on any atom is -0.486 e. The summed E-state index contributed by atoms with van der Waals surface area (Å²) in [4.78, 5) is 26.1. The van der Waals surface area contributed by atoms with Crippen molar-refractivity contribution in [1.82, 2.24) is 4.98 Å². The molecule has 0 atom stereocenters. The van der Waals surface area contributed by atoms with Crippen LogP contribution in [-0.2, 0) is 0 Å². The van der Waals surface area contributed by atoms with Gasteiger partial charge in [0.25, 0.3) is 5.91 Å². The average molecular weight is 286 g/mol. The van der Waals surface area contributed by atoms with Gasteiger partial charge in [0.05, 0.1) is 0 Å². The standard InChI is InChI=1S/C15H14N2O4/c1-9(18)10-6-12(16-8-10)15(19)17-11-2-3-13-14(7-11)21-5-4-20-13/h2-3,6-8,16H,4-5H2,1H3,(H,17,19). The lowest BCUT2D eigenvalue weighted by Gasteiger charge is -2.18. The first kappa shape index (κ1) is 13.2. The van der Waals surface area contributed by atoms with Gasteiger partial charge in [-0.3, -0.25) is 9.59 Å². The second-order valence-electron chi connectivity index (χ2n) is 4.67. The molecule has 0 unspecified atom stereocenters. The smallest absolute Gasteiger partial charge is 0.272 e. The highest BCUT2D eigenvalue weighted by atomic mass is 16.6. The Hall–Kier alpha value is -2.76. The highest BCUT2D eigenvalue weighted by Crippen LogP contribution is 2.32. The van der Waals surface area contributed by atoms with E-state index in [1.54, 1.807) is 18.2 Å². The topological polar surface area (TPSA) is 80.4 Å². The van der Waals surface area contributed by atoms with Crippen LogP contribution in [-0.4, -0.2) is 29.9 Å². The van der Waals surface area contributed by atoms with Crippen LogP contribution in [0.5, 0.6) is 11.5 Å². The number of hydrogen-bond donors (Lipinski definition) is 2. The summed E-state index contributed by atoms with van der Waals surface area (Å²) >= 11 is 0. The molecule has 3 rings (SSSR count). The van der Waals surface area contributed by atoms with Crippen molar-refractivity contribution < 1.29 is 19.1 Å². The Morgan fingerprint density at radius 3 is 2.62 bits per heavy atom. The van der Waals surface area contributed by atoms with Crippen molar-refractivity contribution in [2.75, 3.05) is 18.5 Å². The molecule has 1 aromatic carbocycles. The zero-order chi connectivity index (χ0) is 14.8. The van der Waals surface area contributed by atoms with Crippen LogP contribution in [0, 0.1) is 0 Å². The van der Waals surface area contributed by atoms with E-state index in [1.807, 2.05) is 0 Å². The second-order valence-corrected chi connectivity index (χ2v) is 4.67. The van der Waals surface area contributed by atoms with Crippen molar-refractivity contribution in [2.24, 2.45) is 0 Å². The van der Waals surface area contributed by atoms with Gasteiger partial charge in [-0.05, 0) is 25.1 Å². The first-order valence-corrected chi connectivity index (χ1v) is 6.54. The Morgan fingerprint density at radius 1 is 1.14 bits per heavy atom. The molecule has 21 heavy (non-hydrogen) atoms. The predicted molar refractivity (Wildman–Crippen MR) is 76.2 cm³/mol. The molecule has 0 aliphatic carbocycles. The molecular weight excluding hydrogens is 272 g/mol. The first-order valence-electron chi connectivity index (χ1n) is 6.54. The summed E-state index contributed by atoms with van der Waals surface area (Å²) in [5, 5.41) is 2.74. The van der Waals surface area contributed by atoms with Crippen LogP contribution < -0.4 is 14.8 Å². The van der Waals surface area contributed by atoms with Crippen molar-refractivity contribution in [2.45, 2.75) is 6.92 Å². The fourth-order valence-electron chi connectivity index (χ4n) is 2.05. The lowest BCUT2D eigenvalue weighted by molar-refractivity contribution is 0.101. The van der Waals surface area contributed by atoms with Gasteiger partial charge in [0, 0.05) is 23.5 Å². The van der Waals surface area contributed by atoms with Crippen LogP contribution in [0.15, 0.2) is 30.5 Å². The van der Waals surface area contributed by atoms with Crippen LogP contribution in [0.25, 0.3) is 0 Å². The van der Waals surface area contributed by atoms with E-state index in [4.69, 9.17) is 9.47 Å². The Morgan fingerprint density at radius 2 is 1.90 bits per heavy atom. The summed E-state index contributed by atoms with van der Waals surface area (Å²) in [6, 6.07) is 6.72. The van der Waals surface area contributed by atoms with Crippen molar-refractivity contribution in [3.8, 4) is 11.5 Å². The van der Waals surface area contributed by atoms with Crippen molar-refractivity contribution >= 4 is 17.4 Å². The van der Waals surface area contributed by atoms with E-state index in [-0.39, 0.29) is 11.7 Å². The molecule has 1 aliphatic rings. The molecule has 2 heterocycles. The van der Waals surface area contributed by atoms with Crippen molar-refractivity contribution in [3.05, 3.63) is 41.7 Å². The van der Waals surface area contributed by atoms with Crippen molar-refractivity contribution in [1.29, 1.82) is 0 Å².